The van der Waals surface area contributed by atoms with E-state index in [0.717, 1.165) is 38.7 Å². The van der Waals surface area contributed by atoms with E-state index in [2.05, 4.69) is 138 Å². The second kappa shape index (κ2) is 10.2. The number of aromatic nitrogens is 3. The van der Waals surface area contributed by atoms with Crippen molar-refractivity contribution in [2.45, 2.75) is 5.41 Å². The average Bonchev–Trinajstić information content (AvgIpc) is 3.88. The molecule has 0 radical (unpaired) electrons. The first-order valence-electron chi connectivity index (χ1n) is 17.0. The summed E-state index contributed by atoms with van der Waals surface area (Å²) in [6.45, 7) is 0. The van der Waals surface area contributed by atoms with Crippen molar-refractivity contribution >= 4 is 21.7 Å². The SMILES string of the molecule is c1ccc(-c2nnc(-c3cccc(-c4nc5ccccc5c5ccc6c(c45)-c4ccccc4C64c5ccccc5-c5ccccc54)c3)o2)cc1. The Hall–Kier alpha value is -6.65. The number of para-hydroxylation sites is 1. The van der Waals surface area contributed by atoms with Crippen molar-refractivity contribution in [2.24, 2.45) is 0 Å². The van der Waals surface area contributed by atoms with Crippen molar-refractivity contribution in [1.29, 1.82) is 0 Å². The minimum atomic E-state index is -0.435. The van der Waals surface area contributed by atoms with Gasteiger partial charge in [-0.25, -0.2) is 4.98 Å². The normalized spacial score (nSPS) is 13.4. The molecule has 7 aromatic carbocycles. The molecule has 0 saturated carbocycles. The summed E-state index contributed by atoms with van der Waals surface area (Å²) in [4.78, 5) is 5.45. The number of fused-ring (bicyclic) bond motifs is 14. The molecule has 0 amide bonds. The highest BCUT2D eigenvalue weighted by Crippen LogP contribution is 2.64. The first-order chi connectivity index (χ1) is 24.8. The first-order valence-corrected chi connectivity index (χ1v) is 17.0. The molecule has 0 atom stereocenters. The monoisotopic (exact) mass is 637 g/mol. The zero-order chi connectivity index (χ0) is 32.8. The molecule has 50 heavy (non-hydrogen) atoms. The molecule has 0 aliphatic heterocycles. The topological polar surface area (TPSA) is 51.8 Å². The highest BCUT2D eigenvalue weighted by Gasteiger charge is 2.52. The van der Waals surface area contributed by atoms with Gasteiger partial charge >= 0.3 is 0 Å². The van der Waals surface area contributed by atoms with Crippen LogP contribution in [-0.4, -0.2) is 15.2 Å². The Morgan fingerprint density at radius 2 is 1.00 bits per heavy atom. The van der Waals surface area contributed by atoms with Crippen LogP contribution in [0.15, 0.2) is 168 Å². The second-order valence-electron chi connectivity index (χ2n) is 13.1. The van der Waals surface area contributed by atoms with Gasteiger partial charge < -0.3 is 4.42 Å². The maximum atomic E-state index is 6.21. The standard InChI is InChI=1S/C46H27N3O/c1-2-13-28(14-3-1)44-48-49-45(50-44)30-16-12-15-29(27-30)43-42-34(33-19-7-11-24-40(33)47-43)25-26-39-41(42)35-20-6-10-23-38(35)46(39)36-21-8-4-17-31(36)32-18-5-9-22-37(32)46/h1-27H. The van der Waals surface area contributed by atoms with Gasteiger partial charge in [0.2, 0.25) is 11.8 Å². The zero-order valence-electron chi connectivity index (χ0n) is 26.8. The van der Waals surface area contributed by atoms with Crippen molar-refractivity contribution in [3.63, 3.8) is 0 Å². The average molecular weight is 638 g/mol. The van der Waals surface area contributed by atoms with E-state index in [0.29, 0.717) is 11.8 Å². The molecule has 2 aliphatic rings. The molecule has 4 nitrogen and oxygen atoms in total. The van der Waals surface area contributed by atoms with Gasteiger partial charge in [-0.05, 0) is 80.2 Å². The van der Waals surface area contributed by atoms with Gasteiger partial charge in [0.25, 0.3) is 0 Å². The number of hydrogen-bond donors (Lipinski definition) is 0. The Labute approximate surface area is 288 Å². The maximum absolute atomic E-state index is 6.21. The highest BCUT2D eigenvalue weighted by atomic mass is 16.4. The summed E-state index contributed by atoms with van der Waals surface area (Å²) in [6.07, 6.45) is 0. The lowest BCUT2D eigenvalue weighted by atomic mass is 9.70. The smallest absolute Gasteiger partial charge is 0.248 e. The lowest BCUT2D eigenvalue weighted by Crippen LogP contribution is -2.25. The molecule has 0 bridgehead atoms. The molecule has 0 N–H and O–H groups in total. The van der Waals surface area contributed by atoms with E-state index >= 15 is 0 Å². The van der Waals surface area contributed by atoms with E-state index in [1.165, 1.54) is 49.9 Å². The summed E-state index contributed by atoms with van der Waals surface area (Å²) in [7, 11) is 0. The van der Waals surface area contributed by atoms with Crippen molar-refractivity contribution in [2.75, 3.05) is 0 Å². The Morgan fingerprint density at radius 3 is 1.76 bits per heavy atom. The van der Waals surface area contributed by atoms with Gasteiger partial charge in [0.1, 0.15) is 0 Å². The van der Waals surface area contributed by atoms with Gasteiger partial charge in [-0.2, -0.15) is 0 Å². The fraction of sp³-hybridized carbons (Fsp3) is 0.0217. The van der Waals surface area contributed by atoms with E-state index in [-0.39, 0.29) is 0 Å². The quantitative estimate of drug-likeness (QED) is 0.181. The van der Waals surface area contributed by atoms with E-state index in [4.69, 9.17) is 9.40 Å². The summed E-state index contributed by atoms with van der Waals surface area (Å²) in [5.41, 5.74) is 14.5. The van der Waals surface area contributed by atoms with Crippen molar-refractivity contribution in [3.8, 4) is 56.4 Å². The van der Waals surface area contributed by atoms with Gasteiger partial charge in [-0.15, -0.1) is 10.2 Å². The molecule has 2 aromatic heterocycles. The highest BCUT2D eigenvalue weighted by molar-refractivity contribution is 6.19. The number of benzene rings is 7. The Bertz CT molecular complexity index is 2790. The molecule has 0 unspecified atom stereocenters. The summed E-state index contributed by atoms with van der Waals surface area (Å²) >= 11 is 0. The van der Waals surface area contributed by atoms with Gasteiger partial charge in [-0.3, -0.25) is 0 Å². The maximum Gasteiger partial charge on any atom is 0.248 e. The fourth-order valence-electron chi connectivity index (χ4n) is 8.67. The van der Waals surface area contributed by atoms with Crippen molar-refractivity contribution in [3.05, 3.63) is 186 Å². The van der Waals surface area contributed by atoms with E-state index < -0.39 is 5.41 Å². The Kier molecular flexibility index (Phi) is 5.56. The van der Waals surface area contributed by atoms with E-state index in [9.17, 15) is 0 Å². The van der Waals surface area contributed by atoms with Crippen molar-refractivity contribution < 1.29 is 4.42 Å². The van der Waals surface area contributed by atoms with Crippen LogP contribution in [0, 0.1) is 0 Å². The number of hydrogen-bond acceptors (Lipinski definition) is 4. The molecule has 0 fully saturated rings. The van der Waals surface area contributed by atoms with Crippen LogP contribution >= 0.6 is 0 Å². The second-order valence-corrected chi connectivity index (χ2v) is 13.1. The largest absolute Gasteiger partial charge is 0.416 e. The number of pyridine rings is 1. The van der Waals surface area contributed by atoms with Gasteiger partial charge in [-0.1, -0.05) is 133 Å². The lowest BCUT2D eigenvalue weighted by Gasteiger charge is -2.30. The third-order valence-electron chi connectivity index (χ3n) is 10.7. The lowest BCUT2D eigenvalue weighted by molar-refractivity contribution is 0.584. The molecule has 9 aromatic rings. The summed E-state index contributed by atoms with van der Waals surface area (Å²) in [6, 6.07) is 58.3. The zero-order valence-corrected chi connectivity index (χ0v) is 26.8. The van der Waals surface area contributed by atoms with Crippen LogP contribution in [0.2, 0.25) is 0 Å². The molecule has 0 saturated heterocycles. The number of nitrogens with zero attached hydrogens (tertiary/aromatic N) is 3. The van der Waals surface area contributed by atoms with Gasteiger partial charge in [0, 0.05) is 27.5 Å². The summed E-state index contributed by atoms with van der Waals surface area (Å²) in [5, 5.41) is 12.3. The van der Waals surface area contributed by atoms with Crippen LogP contribution in [0.4, 0.5) is 0 Å². The number of rotatable bonds is 3. The van der Waals surface area contributed by atoms with E-state index in [1.54, 1.807) is 0 Å². The molecular weight excluding hydrogens is 611 g/mol. The first kappa shape index (κ1) is 27.3. The molecule has 2 heterocycles. The van der Waals surface area contributed by atoms with Crippen LogP contribution in [0.1, 0.15) is 22.3 Å². The molecular formula is C46H27N3O. The molecule has 11 rings (SSSR count). The molecule has 232 valence electrons. The van der Waals surface area contributed by atoms with Crippen LogP contribution in [0.3, 0.4) is 0 Å². The molecule has 4 heteroatoms. The molecule has 2 aliphatic carbocycles. The minimum Gasteiger partial charge on any atom is -0.416 e. The molecule has 1 spiro atoms. The van der Waals surface area contributed by atoms with Crippen LogP contribution < -0.4 is 0 Å². The Balaban J connectivity index is 1.22. The predicted octanol–water partition coefficient (Wildman–Crippen LogP) is 11.1. The Morgan fingerprint density at radius 1 is 0.420 bits per heavy atom. The summed E-state index contributed by atoms with van der Waals surface area (Å²) in [5.74, 6) is 0.974. The predicted molar refractivity (Wildman–Crippen MR) is 200 cm³/mol. The van der Waals surface area contributed by atoms with Crippen LogP contribution in [0.25, 0.3) is 78.1 Å². The van der Waals surface area contributed by atoms with Crippen molar-refractivity contribution in [1.82, 2.24) is 15.2 Å². The van der Waals surface area contributed by atoms with Crippen LogP contribution in [0.5, 0.6) is 0 Å². The minimum absolute atomic E-state index is 0.435. The fourth-order valence-corrected chi connectivity index (χ4v) is 8.67. The van der Waals surface area contributed by atoms with Gasteiger partial charge in [0.15, 0.2) is 0 Å². The third kappa shape index (κ3) is 3.57. The van der Waals surface area contributed by atoms with Crippen LogP contribution in [-0.2, 0) is 5.41 Å². The van der Waals surface area contributed by atoms with Gasteiger partial charge in [0.05, 0.1) is 16.6 Å². The summed E-state index contributed by atoms with van der Waals surface area (Å²) < 4.78 is 6.21. The van der Waals surface area contributed by atoms with E-state index in [1.807, 2.05) is 36.4 Å². The third-order valence-corrected chi connectivity index (χ3v) is 10.7.